The Morgan fingerprint density at radius 2 is 1.29 bits per heavy atom. The number of aromatic nitrogens is 2. The summed E-state index contributed by atoms with van der Waals surface area (Å²) in [6, 6.07) is 29.4. The highest BCUT2D eigenvalue weighted by atomic mass is 31.2. The van der Waals surface area contributed by atoms with E-state index in [0.29, 0.717) is 18.1 Å². The van der Waals surface area contributed by atoms with Crippen LogP contribution in [0.3, 0.4) is 0 Å². The zero-order chi connectivity index (χ0) is 51.7. The first-order chi connectivity index (χ1) is 35.0. The maximum absolute atomic E-state index is 14.1. The normalized spacial score (nSPS) is 17.4. The number of amides is 1. The number of carbonyl (C=O) groups excluding carboxylic acids is 1. The number of anilines is 1. The lowest BCUT2D eigenvalue weighted by molar-refractivity contribution is -0.114. The molecule has 1 amide bonds. The third-order valence-electron chi connectivity index (χ3n) is 13.0. The Hall–Kier alpha value is -4.71. The number of unbranched alkanes of at least 4 members (excludes halogenated alkanes) is 13. The summed E-state index contributed by atoms with van der Waals surface area (Å²) in [5.74, 6) is 1.16. The Labute approximate surface area is 431 Å². The van der Waals surface area contributed by atoms with Crippen molar-refractivity contribution in [1.29, 1.82) is 5.26 Å². The SMILES string of the molecule is CCCCCCCCCCCCCCCCOC1C(OP(OCCC#N)N(C(C)C)C(C)C)[C@@H](COC(c2ccccc2)(c2ccc(OC)cc2)c2ccc(OC)cc2)O[C@H]1n1ccc(NC(C)=O)nc1=O. The van der Waals surface area contributed by atoms with Crippen LogP contribution in [0.4, 0.5) is 5.82 Å². The molecule has 0 spiro atoms. The van der Waals surface area contributed by atoms with Crippen LogP contribution in [0.1, 0.15) is 161 Å². The molecule has 72 heavy (non-hydrogen) atoms. The molecule has 1 saturated heterocycles. The van der Waals surface area contributed by atoms with Crippen LogP contribution in [0.5, 0.6) is 11.5 Å². The average molecular weight is 1010 g/mol. The van der Waals surface area contributed by atoms with Crippen LogP contribution in [-0.2, 0) is 33.7 Å². The molecule has 5 rings (SSSR count). The largest absolute Gasteiger partial charge is 0.497 e. The van der Waals surface area contributed by atoms with Crippen molar-refractivity contribution in [2.24, 2.45) is 0 Å². The van der Waals surface area contributed by atoms with Gasteiger partial charge in [-0.2, -0.15) is 10.2 Å². The van der Waals surface area contributed by atoms with Crippen molar-refractivity contribution in [1.82, 2.24) is 14.2 Å². The van der Waals surface area contributed by atoms with Gasteiger partial charge in [0.25, 0.3) is 8.53 Å². The molecule has 0 bridgehead atoms. The van der Waals surface area contributed by atoms with E-state index in [-0.39, 0.29) is 43.4 Å². The van der Waals surface area contributed by atoms with Gasteiger partial charge in [0.05, 0.1) is 39.9 Å². The van der Waals surface area contributed by atoms with Gasteiger partial charge in [-0.05, 0) is 81.1 Å². The van der Waals surface area contributed by atoms with Gasteiger partial charge in [0, 0.05) is 31.8 Å². The van der Waals surface area contributed by atoms with Crippen LogP contribution in [-0.4, -0.2) is 84.6 Å². The second-order valence-electron chi connectivity index (χ2n) is 19.1. The first-order valence-electron chi connectivity index (χ1n) is 26.3. The van der Waals surface area contributed by atoms with E-state index in [1.165, 1.54) is 82.1 Å². The summed E-state index contributed by atoms with van der Waals surface area (Å²) in [6.07, 6.45) is 15.4. The fourth-order valence-electron chi connectivity index (χ4n) is 9.42. The monoisotopic (exact) mass is 1010 g/mol. The van der Waals surface area contributed by atoms with Crippen LogP contribution in [0, 0.1) is 11.3 Å². The van der Waals surface area contributed by atoms with Gasteiger partial charge in [-0.3, -0.25) is 9.36 Å². The van der Waals surface area contributed by atoms with Crippen LogP contribution in [0.2, 0.25) is 0 Å². The van der Waals surface area contributed by atoms with Gasteiger partial charge >= 0.3 is 5.69 Å². The lowest BCUT2D eigenvalue weighted by Crippen LogP contribution is -2.43. The Kier molecular flexibility index (Phi) is 25.1. The van der Waals surface area contributed by atoms with E-state index in [4.69, 9.17) is 32.7 Å². The van der Waals surface area contributed by atoms with E-state index in [1.54, 1.807) is 26.5 Å². The Morgan fingerprint density at radius 1 is 0.764 bits per heavy atom. The van der Waals surface area contributed by atoms with Gasteiger partial charge < -0.3 is 38.0 Å². The van der Waals surface area contributed by atoms with Crippen molar-refractivity contribution in [3.05, 3.63) is 118 Å². The second-order valence-corrected chi connectivity index (χ2v) is 20.5. The van der Waals surface area contributed by atoms with Crippen molar-refractivity contribution in [3.8, 4) is 17.6 Å². The molecule has 1 aliphatic heterocycles. The smallest absolute Gasteiger partial charge is 0.351 e. The first kappa shape index (κ1) is 58.2. The van der Waals surface area contributed by atoms with Crippen LogP contribution < -0.4 is 20.5 Å². The number of ether oxygens (including phenoxy) is 5. The van der Waals surface area contributed by atoms with Gasteiger partial charge in [0.15, 0.2) is 6.23 Å². The minimum atomic E-state index is -1.82. The average Bonchev–Trinajstić information content (AvgIpc) is 3.71. The second kappa shape index (κ2) is 31.1. The van der Waals surface area contributed by atoms with Gasteiger partial charge in [-0.15, -0.1) is 0 Å². The van der Waals surface area contributed by atoms with E-state index < -0.39 is 44.4 Å². The van der Waals surface area contributed by atoms with Gasteiger partial charge in [-0.1, -0.05) is 145 Å². The molecule has 0 saturated carbocycles. The highest BCUT2D eigenvalue weighted by molar-refractivity contribution is 7.44. The number of nitriles is 1. The molecule has 3 aromatic carbocycles. The maximum atomic E-state index is 14.1. The van der Waals surface area contributed by atoms with E-state index in [9.17, 15) is 14.9 Å². The zero-order valence-corrected chi connectivity index (χ0v) is 45.2. The van der Waals surface area contributed by atoms with Crippen molar-refractivity contribution in [2.45, 2.75) is 180 Å². The summed E-state index contributed by atoms with van der Waals surface area (Å²) in [4.78, 5) is 30.3. The van der Waals surface area contributed by atoms with Gasteiger partial charge in [0.1, 0.15) is 41.2 Å². The molecule has 1 aromatic heterocycles. The molecule has 3 unspecified atom stereocenters. The summed E-state index contributed by atoms with van der Waals surface area (Å²) < 4.78 is 50.0. The van der Waals surface area contributed by atoms with Gasteiger partial charge in [0.2, 0.25) is 5.91 Å². The number of carbonyl (C=O) groups is 1. The Morgan fingerprint density at radius 3 is 1.78 bits per heavy atom. The topological polar surface area (TPSA) is 156 Å². The number of methoxy groups -OCH3 is 2. The van der Waals surface area contributed by atoms with E-state index in [2.05, 4.69) is 55.7 Å². The van der Waals surface area contributed by atoms with Crippen LogP contribution in [0.15, 0.2) is 95.9 Å². The summed E-state index contributed by atoms with van der Waals surface area (Å²) in [5.41, 5.74) is 0.688. The lowest BCUT2D eigenvalue weighted by atomic mass is 9.80. The van der Waals surface area contributed by atoms with Crippen molar-refractivity contribution >= 4 is 20.3 Å². The van der Waals surface area contributed by atoms with Crippen molar-refractivity contribution in [2.75, 3.05) is 39.4 Å². The van der Waals surface area contributed by atoms with Gasteiger partial charge in [-0.25, -0.2) is 9.46 Å². The number of hydrogen-bond acceptors (Lipinski definition) is 12. The fourth-order valence-corrected chi connectivity index (χ4v) is 11.2. The molecule has 1 N–H and O–H groups in total. The van der Waals surface area contributed by atoms with Crippen molar-refractivity contribution in [3.63, 3.8) is 0 Å². The minimum Gasteiger partial charge on any atom is -0.497 e. The summed E-state index contributed by atoms with van der Waals surface area (Å²) in [7, 11) is 1.45. The molecule has 4 aromatic rings. The van der Waals surface area contributed by atoms with Crippen molar-refractivity contribution < 1.29 is 37.5 Å². The zero-order valence-electron chi connectivity index (χ0n) is 44.3. The van der Waals surface area contributed by atoms with E-state index in [0.717, 1.165) is 36.0 Å². The molecule has 1 aliphatic rings. The molecule has 0 radical (unpaired) electrons. The number of nitrogens with zero attached hydrogens (tertiary/aromatic N) is 4. The molecule has 394 valence electrons. The third kappa shape index (κ3) is 16.9. The number of rotatable bonds is 34. The molecule has 0 aliphatic carbocycles. The number of nitrogens with one attached hydrogen (secondary N) is 1. The fraction of sp³-hybridized carbons (Fsp3) is 0.579. The standard InChI is InChI=1S/C57H82N5O9P/c1-9-10-11-12-13-14-15-16-17-18-19-20-21-25-40-67-54-53(71-72(69-41-26-38-58)62(43(2)3)44(4)5)51(70-55(54)61-39-37-52(59-45(6)63)60-56(61)64)42-68-57(46-27-23-22-24-28-46,47-29-33-49(65-7)34-30-47)48-31-35-50(66-8)36-32-48/h22-24,27-37,39,43-44,51,53-55H,9-21,25-26,40-42H2,1-8H3,(H,59,60,63,64)/t51-,53?,54?,55-,72?/m1/s1. The molecular weight excluding hydrogens is 930 g/mol. The predicted molar refractivity (Wildman–Crippen MR) is 285 cm³/mol. The molecular formula is C57H82N5O9P. The Balaban J connectivity index is 1.51. The number of benzene rings is 3. The first-order valence-corrected chi connectivity index (χ1v) is 27.5. The Bertz CT molecular complexity index is 2200. The molecule has 2 heterocycles. The molecule has 1 fully saturated rings. The highest BCUT2D eigenvalue weighted by Crippen LogP contribution is 2.51. The molecule has 14 nitrogen and oxygen atoms in total. The van der Waals surface area contributed by atoms with Crippen LogP contribution >= 0.6 is 8.53 Å². The summed E-state index contributed by atoms with van der Waals surface area (Å²) >= 11 is 0. The summed E-state index contributed by atoms with van der Waals surface area (Å²) in [5, 5.41) is 12.2. The lowest BCUT2D eigenvalue weighted by Gasteiger charge is -2.39. The minimum absolute atomic E-state index is 0.00458. The third-order valence-corrected chi connectivity index (χ3v) is 15.1. The van der Waals surface area contributed by atoms with E-state index >= 15 is 0 Å². The number of hydrogen-bond donors (Lipinski definition) is 1. The molecule has 5 atom stereocenters. The quantitative estimate of drug-likeness (QED) is 0.0269. The highest BCUT2D eigenvalue weighted by Gasteiger charge is 2.51. The molecule has 15 heteroatoms. The van der Waals surface area contributed by atoms with E-state index in [1.807, 2.05) is 78.9 Å². The maximum Gasteiger partial charge on any atom is 0.351 e. The summed E-state index contributed by atoms with van der Waals surface area (Å²) in [6.45, 7) is 12.5. The predicted octanol–water partition coefficient (Wildman–Crippen LogP) is 12.7. The van der Waals surface area contributed by atoms with Crippen LogP contribution in [0.25, 0.3) is 0 Å².